The lowest BCUT2D eigenvalue weighted by atomic mass is 9.94. The molecule has 3 aliphatic heterocycles. The summed E-state index contributed by atoms with van der Waals surface area (Å²) < 4.78 is 0. The maximum Gasteiger partial charge on any atom is 0.222 e. The SMILES string of the molecule is O=C(CC1CCCNC1)N1CCC(N2CCCCC2)CC1. The number of nitrogens with one attached hydrogen (secondary N) is 1. The van der Waals surface area contributed by atoms with Gasteiger partial charge in [0.1, 0.15) is 0 Å². The summed E-state index contributed by atoms with van der Waals surface area (Å²) in [5.41, 5.74) is 0. The van der Waals surface area contributed by atoms with Crippen molar-refractivity contribution in [2.24, 2.45) is 5.92 Å². The fourth-order valence-electron chi connectivity index (χ4n) is 4.24. The standard InChI is InChI=1S/C17H31N3O/c21-17(13-15-5-4-8-18-14-15)20-11-6-16(7-12-20)19-9-2-1-3-10-19/h15-16,18H,1-14H2. The Kier molecular flexibility index (Phi) is 5.53. The molecule has 0 radical (unpaired) electrons. The highest BCUT2D eigenvalue weighted by Gasteiger charge is 2.28. The second kappa shape index (κ2) is 7.59. The van der Waals surface area contributed by atoms with Crippen LogP contribution in [0.4, 0.5) is 0 Å². The molecular weight excluding hydrogens is 262 g/mol. The van der Waals surface area contributed by atoms with Crippen LogP contribution in [0.25, 0.3) is 0 Å². The minimum Gasteiger partial charge on any atom is -0.343 e. The van der Waals surface area contributed by atoms with Crippen LogP contribution < -0.4 is 5.32 Å². The number of hydrogen-bond donors (Lipinski definition) is 1. The van der Waals surface area contributed by atoms with Crippen LogP contribution in [-0.2, 0) is 4.79 Å². The highest BCUT2D eigenvalue weighted by molar-refractivity contribution is 5.76. The van der Waals surface area contributed by atoms with Crippen molar-refractivity contribution < 1.29 is 4.79 Å². The van der Waals surface area contributed by atoms with E-state index in [1.54, 1.807) is 0 Å². The Morgan fingerprint density at radius 1 is 0.952 bits per heavy atom. The van der Waals surface area contributed by atoms with E-state index in [1.807, 2.05) is 0 Å². The molecule has 0 aromatic heterocycles. The van der Waals surface area contributed by atoms with E-state index in [0.29, 0.717) is 11.8 Å². The molecule has 3 saturated heterocycles. The summed E-state index contributed by atoms with van der Waals surface area (Å²) in [6.45, 7) is 6.71. The van der Waals surface area contributed by atoms with Crippen LogP contribution in [0.5, 0.6) is 0 Å². The van der Waals surface area contributed by atoms with Gasteiger partial charge in [-0.15, -0.1) is 0 Å². The lowest BCUT2D eigenvalue weighted by Crippen LogP contribution is -2.48. The number of nitrogens with zero attached hydrogens (tertiary/aromatic N) is 2. The van der Waals surface area contributed by atoms with Gasteiger partial charge >= 0.3 is 0 Å². The Bertz CT molecular complexity index is 327. The molecule has 0 bridgehead atoms. The van der Waals surface area contributed by atoms with E-state index in [1.165, 1.54) is 58.0 Å². The van der Waals surface area contributed by atoms with E-state index in [0.717, 1.165) is 38.6 Å². The number of likely N-dealkylation sites (tertiary alicyclic amines) is 2. The van der Waals surface area contributed by atoms with Gasteiger partial charge in [-0.3, -0.25) is 4.79 Å². The first-order valence-corrected chi connectivity index (χ1v) is 9.05. The molecule has 1 unspecified atom stereocenters. The van der Waals surface area contributed by atoms with Gasteiger partial charge in [-0.05, 0) is 70.6 Å². The summed E-state index contributed by atoms with van der Waals surface area (Å²) in [6, 6.07) is 0.741. The van der Waals surface area contributed by atoms with E-state index in [2.05, 4.69) is 15.1 Å². The molecule has 0 aromatic carbocycles. The maximum atomic E-state index is 12.4. The topological polar surface area (TPSA) is 35.6 Å². The van der Waals surface area contributed by atoms with Gasteiger partial charge in [-0.1, -0.05) is 6.42 Å². The van der Waals surface area contributed by atoms with Gasteiger partial charge in [0.2, 0.25) is 5.91 Å². The first-order chi connectivity index (χ1) is 10.3. The number of rotatable bonds is 3. The molecule has 1 N–H and O–H groups in total. The van der Waals surface area contributed by atoms with E-state index >= 15 is 0 Å². The smallest absolute Gasteiger partial charge is 0.222 e. The molecule has 1 atom stereocenters. The Hall–Kier alpha value is -0.610. The normalized spacial score (nSPS) is 29.5. The van der Waals surface area contributed by atoms with Crippen LogP contribution in [0.15, 0.2) is 0 Å². The fourth-order valence-corrected chi connectivity index (χ4v) is 4.24. The number of amides is 1. The van der Waals surface area contributed by atoms with Crippen molar-refractivity contribution >= 4 is 5.91 Å². The minimum atomic E-state index is 0.404. The van der Waals surface area contributed by atoms with Crippen molar-refractivity contribution in [1.82, 2.24) is 15.1 Å². The van der Waals surface area contributed by atoms with Crippen LogP contribution in [0.1, 0.15) is 51.4 Å². The highest BCUT2D eigenvalue weighted by atomic mass is 16.2. The summed E-state index contributed by atoms with van der Waals surface area (Å²) in [7, 11) is 0. The van der Waals surface area contributed by atoms with Crippen LogP contribution >= 0.6 is 0 Å². The van der Waals surface area contributed by atoms with Crippen molar-refractivity contribution in [2.45, 2.75) is 57.4 Å². The largest absolute Gasteiger partial charge is 0.343 e. The fraction of sp³-hybridized carbons (Fsp3) is 0.941. The molecule has 0 saturated carbocycles. The Morgan fingerprint density at radius 2 is 1.71 bits per heavy atom. The van der Waals surface area contributed by atoms with Crippen molar-refractivity contribution in [3.63, 3.8) is 0 Å². The molecule has 4 nitrogen and oxygen atoms in total. The summed E-state index contributed by atoms with van der Waals surface area (Å²) in [5, 5.41) is 3.42. The van der Waals surface area contributed by atoms with Gasteiger partial charge in [-0.2, -0.15) is 0 Å². The molecular formula is C17H31N3O. The first-order valence-electron chi connectivity index (χ1n) is 9.05. The molecule has 120 valence electrons. The van der Waals surface area contributed by atoms with Crippen molar-refractivity contribution in [3.8, 4) is 0 Å². The monoisotopic (exact) mass is 293 g/mol. The van der Waals surface area contributed by atoms with E-state index < -0.39 is 0 Å². The van der Waals surface area contributed by atoms with E-state index in [-0.39, 0.29) is 0 Å². The molecule has 3 aliphatic rings. The van der Waals surface area contributed by atoms with Crippen LogP contribution in [0, 0.1) is 5.92 Å². The minimum absolute atomic E-state index is 0.404. The van der Waals surface area contributed by atoms with Crippen molar-refractivity contribution in [1.29, 1.82) is 0 Å². The average molecular weight is 293 g/mol. The predicted molar refractivity (Wildman–Crippen MR) is 85.2 cm³/mol. The maximum absolute atomic E-state index is 12.4. The molecule has 3 heterocycles. The van der Waals surface area contributed by atoms with E-state index in [9.17, 15) is 4.79 Å². The Balaban J connectivity index is 1.40. The zero-order chi connectivity index (χ0) is 14.5. The van der Waals surface area contributed by atoms with Gasteiger partial charge in [0, 0.05) is 25.6 Å². The summed E-state index contributed by atoms with van der Waals surface area (Å²) >= 11 is 0. The molecule has 3 fully saturated rings. The lowest BCUT2D eigenvalue weighted by molar-refractivity contribution is -0.134. The Labute approximate surface area is 129 Å². The third-order valence-corrected chi connectivity index (χ3v) is 5.59. The van der Waals surface area contributed by atoms with Crippen LogP contribution in [0.3, 0.4) is 0 Å². The molecule has 0 aromatic rings. The van der Waals surface area contributed by atoms with Gasteiger partial charge in [0.15, 0.2) is 0 Å². The third kappa shape index (κ3) is 4.19. The molecule has 4 heteroatoms. The first kappa shape index (κ1) is 15.3. The molecule has 0 spiro atoms. The van der Waals surface area contributed by atoms with E-state index in [4.69, 9.17) is 0 Å². The third-order valence-electron chi connectivity index (χ3n) is 5.59. The number of carbonyl (C=O) groups excluding carboxylic acids is 1. The second-order valence-corrected chi connectivity index (χ2v) is 7.13. The average Bonchev–Trinajstić information content (AvgIpc) is 2.57. The van der Waals surface area contributed by atoms with Crippen LogP contribution in [-0.4, -0.2) is 61.0 Å². The van der Waals surface area contributed by atoms with Gasteiger partial charge in [0.25, 0.3) is 0 Å². The summed E-state index contributed by atoms with van der Waals surface area (Å²) in [4.78, 5) is 17.2. The molecule has 21 heavy (non-hydrogen) atoms. The van der Waals surface area contributed by atoms with Crippen LogP contribution in [0.2, 0.25) is 0 Å². The van der Waals surface area contributed by atoms with Crippen molar-refractivity contribution in [3.05, 3.63) is 0 Å². The number of carbonyl (C=O) groups is 1. The number of piperidine rings is 3. The van der Waals surface area contributed by atoms with Gasteiger partial charge in [0.05, 0.1) is 0 Å². The van der Waals surface area contributed by atoms with Gasteiger partial charge < -0.3 is 15.1 Å². The van der Waals surface area contributed by atoms with Gasteiger partial charge in [-0.25, -0.2) is 0 Å². The molecule has 1 amide bonds. The second-order valence-electron chi connectivity index (χ2n) is 7.13. The number of hydrogen-bond acceptors (Lipinski definition) is 3. The predicted octanol–water partition coefficient (Wildman–Crippen LogP) is 1.85. The lowest BCUT2D eigenvalue weighted by Gasteiger charge is -2.40. The summed E-state index contributed by atoms with van der Waals surface area (Å²) in [5.74, 6) is 0.979. The molecule has 0 aliphatic carbocycles. The zero-order valence-corrected chi connectivity index (χ0v) is 13.4. The quantitative estimate of drug-likeness (QED) is 0.862. The van der Waals surface area contributed by atoms with Crippen molar-refractivity contribution in [2.75, 3.05) is 39.3 Å². The Morgan fingerprint density at radius 3 is 2.38 bits per heavy atom. The summed E-state index contributed by atoms with van der Waals surface area (Å²) in [6.07, 6.45) is 9.74. The molecule has 3 rings (SSSR count). The zero-order valence-electron chi connectivity index (χ0n) is 13.4. The highest BCUT2D eigenvalue weighted by Crippen LogP contribution is 2.22.